The number of halogens is 2. The maximum Gasteiger partial charge on any atom is 0.150 e. The van der Waals surface area contributed by atoms with Crippen molar-refractivity contribution in [3.8, 4) is 0 Å². The van der Waals surface area contributed by atoms with Crippen molar-refractivity contribution in [3.63, 3.8) is 0 Å². The number of thiazole rings is 1. The van der Waals surface area contributed by atoms with Gasteiger partial charge >= 0.3 is 0 Å². The van der Waals surface area contributed by atoms with Crippen LogP contribution < -0.4 is 4.90 Å². The SMILES string of the molecule is CN(Cc1cscn1)c1c(F)cc(C=O)cc1F. The molecule has 1 heterocycles. The minimum absolute atomic E-state index is 0.0178. The van der Waals surface area contributed by atoms with Crippen LogP contribution in [-0.4, -0.2) is 18.3 Å². The van der Waals surface area contributed by atoms with Gasteiger partial charge in [0.1, 0.15) is 23.6 Å². The number of aromatic nitrogens is 1. The first-order valence-corrected chi connectivity index (χ1v) is 6.08. The fourth-order valence-corrected chi connectivity index (χ4v) is 2.21. The number of carbonyl (C=O) groups is 1. The van der Waals surface area contributed by atoms with Gasteiger partial charge in [0.05, 0.1) is 17.7 Å². The van der Waals surface area contributed by atoms with Crippen molar-refractivity contribution in [2.24, 2.45) is 0 Å². The summed E-state index contributed by atoms with van der Waals surface area (Å²) < 4.78 is 27.4. The second-order valence-electron chi connectivity index (χ2n) is 3.79. The van der Waals surface area contributed by atoms with Gasteiger partial charge in [-0.25, -0.2) is 13.8 Å². The number of anilines is 1. The van der Waals surface area contributed by atoms with Crippen molar-refractivity contribution in [2.75, 3.05) is 11.9 Å². The Morgan fingerprint density at radius 2 is 2.06 bits per heavy atom. The monoisotopic (exact) mass is 268 g/mol. The Hall–Kier alpha value is -1.82. The summed E-state index contributed by atoms with van der Waals surface area (Å²) in [5, 5.41) is 1.81. The first-order chi connectivity index (χ1) is 8.61. The topological polar surface area (TPSA) is 33.2 Å². The third-order valence-electron chi connectivity index (χ3n) is 2.44. The zero-order valence-corrected chi connectivity index (χ0v) is 10.4. The zero-order valence-electron chi connectivity index (χ0n) is 9.56. The molecular weight excluding hydrogens is 258 g/mol. The molecule has 0 N–H and O–H groups in total. The maximum absolute atomic E-state index is 13.7. The van der Waals surface area contributed by atoms with Crippen molar-refractivity contribution in [1.82, 2.24) is 4.98 Å². The van der Waals surface area contributed by atoms with Crippen molar-refractivity contribution in [1.29, 1.82) is 0 Å². The normalized spacial score (nSPS) is 10.4. The number of carbonyl (C=O) groups excluding carboxylic acids is 1. The van der Waals surface area contributed by atoms with Crippen LogP contribution in [-0.2, 0) is 6.54 Å². The Kier molecular flexibility index (Phi) is 3.66. The first-order valence-electron chi connectivity index (χ1n) is 5.14. The second-order valence-corrected chi connectivity index (χ2v) is 4.51. The van der Waals surface area contributed by atoms with Crippen LogP contribution in [0.5, 0.6) is 0 Å². The summed E-state index contributed by atoms with van der Waals surface area (Å²) in [6.07, 6.45) is 0.413. The van der Waals surface area contributed by atoms with Gasteiger partial charge in [0.25, 0.3) is 0 Å². The quantitative estimate of drug-likeness (QED) is 0.799. The van der Waals surface area contributed by atoms with Crippen molar-refractivity contribution in [2.45, 2.75) is 6.54 Å². The molecule has 1 aromatic carbocycles. The Morgan fingerprint density at radius 1 is 1.39 bits per heavy atom. The van der Waals surface area contributed by atoms with Gasteiger partial charge in [-0.15, -0.1) is 11.3 Å². The smallest absolute Gasteiger partial charge is 0.150 e. The standard InChI is InChI=1S/C12H10F2N2OS/c1-16(4-9-6-18-7-15-9)12-10(13)2-8(5-17)3-11(12)14/h2-3,5-7H,4H2,1H3. The average molecular weight is 268 g/mol. The van der Waals surface area contributed by atoms with Crippen LogP contribution in [0.15, 0.2) is 23.0 Å². The summed E-state index contributed by atoms with van der Waals surface area (Å²) in [6, 6.07) is 2.03. The van der Waals surface area contributed by atoms with Crippen LogP contribution in [0.1, 0.15) is 16.1 Å². The Labute approximate surface area is 107 Å². The summed E-state index contributed by atoms with van der Waals surface area (Å²) in [4.78, 5) is 16.0. The van der Waals surface area contributed by atoms with Gasteiger partial charge in [-0.1, -0.05) is 0 Å². The highest BCUT2D eigenvalue weighted by atomic mass is 32.1. The van der Waals surface area contributed by atoms with Gasteiger partial charge in [-0.05, 0) is 12.1 Å². The molecule has 1 aromatic heterocycles. The fraction of sp³-hybridized carbons (Fsp3) is 0.167. The molecular formula is C12H10F2N2OS. The van der Waals surface area contributed by atoms with Crippen LogP contribution in [0.25, 0.3) is 0 Å². The van der Waals surface area contributed by atoms with Gasteiger partial charge in [-0.2, -0.15) is 0 Å². The molecule has 0 aliphatic rings. The molecule has 0 fully saturated rings. The largest absolute Gasteiger partial charge is 0.364 e. The van der Waals surface area contributed by atoms with E-state index < -0.39 is 11.6 Å². The summed E-state index contributed by atoms with van der Waals surface area (Å²) in [5.41, 5.74) is 2.22. The van der Waals surface area contributed by atoms with Gasteiger partial charge in [0, 0.05) is 18.0 Å². The highest BCUT2D eigenvalue weighted by Crippen LogP contribution is 2.24. The predicted molar refractivity (Wildman–Crippen MR) is 66.0 cm³/mol. The molecule has 2 aromatic rings. The minimum Gasteiger partial charge on any atom is -0.364 e. The van der Waals surface area contributed by atoms with Crippen LogP contribution in [0.3, 0.4) is 0 Å². The molecule has 0 spiro atoms. The minimum atomic E-state index is -0.755. The van der Waals surface area contributed by atoms with Crippen molar-refractivity contribution >= 4 is 23.3 Å². The summed E-state index contributed by atoms with van der Waals surface area (Å²) in [6.45, 7) is 0.303. The van der Waals surface area contributed by atoms with E-state index in [-0.39, 0.29) is 11.3 Å². The second kappa shape index (κ2) is 5.22. The molecule has 0 aliphatic heterocycles. The van der Waals surface area contributed by atoms with Gasteiger partial charge in [0.15, 0.2) is 0 Å². The van der Waals surface area contributed by atoms with E-state index >= 15 is 0 Å². The predicted octanol–water partition coefficient (Wildman–Crippen LogP) is 2.87. The fourth-order valence-electron chi connectivity index (χ4n) is 1.66. The average Bonchev–Trinajstić information content (AvgIpc) is 2.80. The lowest BCUT2D eigenvalue weighted by atomic mass is 10.2. The van der Waals surface area contributed by atoms with Gasteiger partial charge < -0.3 is 4.90 Å². The molecule has 0 unspecified atom stereocenters. The molecule has 18 heavy (non-hydrogen) atoms. The molecule has 0 amide bonds. The Bertz CT molecular complexity index is 534. The van der Waals surface area contributed by atoms with Gasteiger partial charge in [0.2, 0.25) is 0 Å². The van der Waals surface area contributed by atoms with E-state index in [0.29, 0.717) is 12.8 Å². The molecule has 2 rings (SSSR count). The number of nitrogens with zero attached hydrogens (tertiary/aromatic N) is 2. The summed E-state index contributed by atoms with van der Waals surface area (Å²) >= 11 is 1.42. The van der Waals surface area contributed by atoms with Gasteiger partial charge in [-0.3, -0.25) is 4.79 Å². The molecule has 6 heteroatoms. The van der Waals surface area contributed by atoms with E-state index in [2.05, 4.69) is 4.98 Å². The van der Waals surface area contributed by atoms with Crippen LogP contribution in [0.2, 0.25) is 0 Å². The number of hydrogen-bond donors (Lipinski definition) is 0. The van der Waals surface area contributed by atoms with E-state index in [4.69, 9.17) is 0 Å². The molecule has 0 aliphatic carbocycles. The Balaban J connectivity index is 2.30. The number of benzene rings is 1. The highest BCUT2D eigenvalue weighted by molar-refractivity contribution is 7.07. The summed E-state index contributed by atoms with van der Waals surface area (Å²) in [7, 11) is 1.57. The lowest BCUT2D eigenvalue weighted by Crippen LogP contribution is -2.19. The van der Waals surface area contributed by atoms with Crippen molar-refractivity contribution in [3.05, 3.63) is 45.9 Å². The molecule has 0 atom stereocenters. The third-order valence-corrected chi connectivity index (χ3v) is 3.07. The summed E-state index contributed by atoms with van der Waals surface area (Å²) in [5.74, 6) is -1.51. The number of aldehydes is 1. The van der Waals surface area contributed by atoms with Crippen LogP contribution in [0, 0.1) is 11.6 Å². The van der Waals surface area contributed by atoms with Crippen LogP contribution in [0.4, 0.5) is 14.5 Å². The molecule has 0 saturated heterocycles. The van der Waals surface area contributed by atoms with Crippen LogP contribution >= 0.6 is 11.3 Å². The van der Waals surface area contributed by atoms with E-state index in [1.165, 1.54) is 16.2 Å². The molecule has 0 saturated carbocycles. The molecule has 0 bridgehead atoms. The van der Waals surface area contributed by atoms with E-state index in [1.807, 2.05) is 5.38 Å². The first kappa shape index (κ1) is 12.6. The highest BCUT2D eigenvalue weighted by Gasteiger charge is 2.16. The molecule has 0 radical (unpaired) electrons. The van der Waals surface area contributed by atoms with E-state index in [0.717, 1.165) is 17.8 Å². The lowest BCUT2D eigenvalue weighted by molar-refractivity contribution is 0.112. The zero-order chi connectivity index (χ0) is 13.1. The molecule has 94 valence electrons. The number of hydrogen-bond acceptors (Lipinski definition) is 4. The lowest BCUT2D eigenvalue weighted by Gasteiger charge is -2.19. The Morgan fingerprint density at radius 3 is 2.56 bits per heavy atom. The van der Waals surface area contributed by atoms with Crippen molar-refractivity contribution < 1.29 is 13.6 Å². The van der Waals surface area contributed by atoms with E-state index in [1.54, 1.807) is 12.6 Å². The third kappa shape index (κ3) is 2.53. The van der Waals surface area contributed by atoms with E-state index in [9.17, 15) is 13.6 Å². The number of rotatable bonds is 4. The maximum atomic E-state index is 13.7. The molecule has 3 nitrogen and oxygen atoms in total.